The van der Waals surface area contributed by atoms with E-state index in [1.54, 1.807) is 9.80 Å². The van der Waals surface area contributed by atoms with Crippen molar-refractivity contribution in [2.75, 3.05) is 29.0 Å². The summed E-state index contributed by atoms with van der Waals surface area (Å²) >= 11 is 0. The fourth-order valence-electron chi connectivity index (χ4n) is 3.04. The summed E-state index contributed by atoms with van der Waals surface area (Å²) in [6.07, 6.45) is 2.40. The number of nitrogens with one attached hydrogen (secondary N) is 1. The summed E-state index contributed by atoms with van der Waals surface area (Å²) in [7, 11) is 0. The lowest BCUT2D eigenvalue weighted by Gasteiger charge is -2.37. The van der Waals surface area contributed by atoms with Crippen molar-refractivity contribution < 1.29 is 14.3 Å². The molecule has 3 heterocycles. The predicted octanol–water partition coefficient (Wildman–Crippen LogP) is 1.36. The van der Waals surface area contributed by atoms with Crippen LogP contribution in [0.2, 0.25) is 0 Å². The summed E-state index contributed by atoms with van der Waals surface area (Å²) in [6.45, 7) is 6.61. The van der Waals surface area contributed by atoms with E-state index in [4.69, 9.17) is 10.5 Å². The Hall–Kier alpha value is -2.80. The van der Waals surface area contributed by atoms with Gasteiger partial charge in [0, 0.05) is 19.1 Å². The summed E-state index contributed by atoms with van der Waals surface area (Å²) in [5, 5.41) is 2.93. The van der Waals surface area contributed by atoms with Crippen molar-refractivity contribution in [2.24, 2.45) is 0 Å². The van der Waals surface area contributed by atoms with E-state index in [1.807, 2.05) is 26.7 Å². The van der Waals surface area contributed by atoms with Crippen LogP contribution in [0.3, 0.4) is 0 Å². The maximum atomic E-state index is 12.2. The number of anilines is 3. The number of piperidine rings is 1. The molecular formula is C16H22N6O3. The molecule has 1 amide bonds. The van der Waals surface area contributed by atoms with E-state index in [9.17, 15) is 9.59 Å². The molecule has 0 atom stereocenters. The Morgan fingerprint density at radius 3 is 2.64 bits per heavy atom. The largest absolute Gasteiger partial charge is 0.444 e. The molecule has 0 bridgehead atoms. The van der Waals surface area contributed by atoms with Crippen LogP contribution in [-0.2, 0) is 9.53 Å². The zero-order chi connectivity index (χ0) is 18.2. The quantitative estimate of drug-likeness (QED) is 0.733. The van der Waals surface area contributed by atoms with Crippen LogP contribution >= 0.6 is 0 Å². The lowest BCUT2D eigenvalue weighted by molar-refractivity contribution is 0.0206. The van der Waals surface area contributed by atoms with E-state index in [0.717, 1.165) is 0 Å². The van der Waals surface area contributed by atoms with Gasteiger partial charge in [-0.3, -0.25) is 4.90 Å². The molecule has 0 unspecified atom stereocenters. The third-order valence-electron chi connectivity index (χ3n) is 4.15. The van der Waals surface area contributed by atoms with Gasteiger partial charge in [0.25, 0.3) is 0 Å². The second kappa shape index (κ2) is 6.25. The van der Waals surface area contributed by atoms with Crippen molar-refractivity contribution in [1.29, 1.82) is 0 Å². The van der Waals surface area contributed by atoms with Crippen LogP contribution in [0.15, 0.2) is 12.1 Å². The molecule has 25 heavy (non-hydrogen) atoms. The fourth-order valence-corrected chi connectivity index (χ4v) is 3.04. The lowest BCUT2D eigenvalue weighted by atomic mass is 10.0. The molecule has 0 spiro atoms. The molecule has 0 saturated carbocycles. The highest BCUT2D eigenvalue weighted by Gasteiger charge is 2.37. The van der Waals surface area contributed by atoms with Crippen LogP contribution in [0.25, 0.3) is 0 Å². The molecule has 1 aromatic rings. The van der Waals surface area contributed by atoms with Gasteiger partial charge in [0.15, 0.2) is 23.4 Å². The number of nitrogen functional groups attached to an aromatic ring is 1. The third-order valence-corrected chi connectivity index (χ3v) is 4.15. The smallest absolute Gasteiger partial charge is 0.410 e. The number of nitrogens with two attached hydrogens (primary N) is 1. The molecule has 0 aliphatic carbocycles. The molecule has 1 saturated heterocycles. The van der Waals surface area contributed by atoms with Gasteiger partial charge in [-0.25, -0.2) is 19.6 Å². The standard InChI is InChI=1S/C16H22N6O3/c1-16(2,3)25-15(24)21-6-4-10(5-7-21)22-11(8-23)20-12-13(17)18-9-19-14(12)22/h9-10,20H,4-7H2,1-3H3,(H2,17,18,19). The van der Waals surface area contributed by atoms with Gasteiger partial charge in [-0.15, -0.1) is 0 Å². The summed E-state index contributed by atoms with van der Waals surface area (Å²) in [5.41, 5.74) is 5.85. The molecule has 2 aliphatic rings. The molecule has 2 aliphatic heterocycles. The predicted molar refractivity (Wildman–Crippen MR) is 92.6 cm³/mol. The minimum Gasteiger partial charge on any atom is -0.444 e. The number of hydrogen-bond acceptors (Lipinski definition) is 8. The van der Waals surface area contributed by atoms with E-state index in [-0.39, 0.29) is 23.8 Å². The molecule has 134 valence electrons. The number of fused-ring (bicyclic) bond motifs is 1. The zero-order valence-electron chi connectivity index (χ0n) is 14.6. The minimum atomic E-state index is -0.520. The highest BCUT2D eigenvalue weighted by atomic mass is 16.6. The van der Waals surface area contributed by atoms with E-state index >= 15 is 0 Å². The molecule has 1 fully saturated rings. The van der Waals surface area contributed by atoms with Crippen LogP contribution < -0.4 is 16.0 Å². The maximum Gasteiger partial charge on any atom is 0.410 e. The van der Waals surface area contributed by atoms with Crippen molar-refractivity contribution in [3.8, 4) is 0 Å². The number of likely N-dealkylation sites (tertiary alicyclic amines) is 1. The van der Waals surface area contributed by atoms with E-state index in [1.165, 1.54) is 6.33 Å². The summed E-state index contributed by atoms with van der Waals surface area (Å²) in [6, 6.07) is 0.0122. The number of rotatable bonds is 1. The number of ether oxygens (including phenoxy) is 1. The Morgan fingerprint density at radius 2 is 2.04 bits per heavy atom. The summed E-state index contributed by atoms with van der Waals surface area (Å²) in [5.74, 6) is 3.03. The van der Waals surface area contributed by atoms with E-state index in [0.29, 0.717) is 37.4 Å². The van der Waals surface area contributed by atoms with Gasteiger partial charge in [0.2, 0.25) is 0 Å². The van der Waals surface area contributed by atoms with Gasteiger partial charge >= 0.3 is 6.09 Å². The molecular weight excluding hydrogens is 324 g/mol. The van der Waals surface area contributed by atoms with Crippen LogP contribution in [-0.4, -0.2) is 51.6 Å². The summed E-state index contributed by atoms with van der Waals surface area (Å²) in [4.78, 5) is 35.2. The monoisotopic (exact) mass is 346 g/mol. The molecule has 0 radical (unpaired) electrons. The van der Waals surface area contributed by atoms with Gasteiger partial charge in [-0.05, 0) is 33.6 Å². The Kier molecular flexibility index (Phi) is 4.26. The normalized spacial score (nSPS) is 17.8. The average molecular weight is 346 g/mol. The minimum absolute atomic E-state index is 0.0122. The number of amides is 1. The summed E-state index contributed by atoms with van der Waals surface area (Å²) < 4.78 is 5.41. The second-order valence-corrected chi connectivity index (χ2v) is 7.10. The molecule has 1 aromatic heterocycles. The number of hydrogen-bond donors (Lipinski definition) is 2. The van der Waals surface area contributed by atoms with Gasteiger partial charge in [-0.1, -0.05) is 0 Å². The van der Waals surface area contributed by atoms with Gasteiger partial charge in [0.05, 0.1) is 0 Å². The lowest BCUT2D eigenvalue weighted by Crippen LogP contribution is -2.47. The van der Waals surface area contributed by atoms with Crippen LogP contribution in [0, 0.1) is 0 Å². The Morgan fingerprint density at radius 1 is 1.36 bits per heavy atom. The number of carbonyl (C=O) groups excluding carboxylic acids is 2. The highest BCUT2D eigenvalue weighted by Crippen LogP contribution is 2.39. The SMILES string of the molecule is CC(C)(C)OC(=O)N1CCC(N2C(=C=O)Nc3c(N)ncnc32)CC1. The molecule has 0 aromatic carbocycles. The first-order valence-electron chi connectivity index (χ1n) is 8.20. The molecule has 9 heteroatoms. The second-order valence-electron chi connectivity index (χ2n) is 7.10. The van der Waals surface area contributed by atoms with Crippen LogP contribution in [0.5, 0.6) is 0 Å². The van der Waals surface area contributed by atoms with Crippen LogP contribution in [0.1, 0.15) is 33.6 Å². The van der Waals surface area contributed by atoms with E-state index in [2.05, 4.69) is 15.3 Å². The molecule has 3 rings (SSSR count). The van der Waals surface area contributed by atoms with Crippen molar-refractivity contribution >= 4 is 29.4 Å². The van der Waals surface area contributed by atoms with Gasteiger partial charge in [-0.2, -0.15) is 0 Å². The van der Waals surface area contributed by atoms with Crippen molar-refractivity contribution in [3.05, 3.63) is 12.1 Å². The Balaban J connectivity index is 1.72. The number of carbonyl (C=O) groups is 1. The number of aromatic nitrogens is 2. The van der Waals surface area contributed by atoms with Gasteiger partial charge < -0.3 is 20.7 Å². The molecule has 3 N–H and O–H groups in total. The topological polar surface area (TPSA) is 114 Å². The first kappa shape index (κ1) is 17.0. The average Bonchev–Trinajstić information content (AvgIpc) is 2.93. The maximum absolute atomic E-state index is 12.2. The first-order chi connectivity index (χ1) is 11.8. The zero-order valence-corrected chi connectivity index (χ0v) is 14.6. The van der Waals surface area contributed by atoms with Gasteiger partial charge in [0.1, 0.15) is 17.6 Å². The highest BCUT2D eigenvalue weighted by molar-refractivity contribution is 5.89. The molecule has 9 nitrogen and oxygen atoms in total. The van der Waals surface area contributed by atoms with E-state index < -0.39 is 5.60 Å². The Labute approximate surface area is 145 Å². The first-order valence-corrected chi connectivity index (χ1v) is 8.20. The van der Waals surface area contributed by atoms with Crippen molar-refractivity contribution in [3.63, 3.8) is 0 Å². The fraction of sp³-hybridized carbons (Fsp3) is 0.562. The number of nitrogens with zero attached hydrogens (tertiary/aromatic N) is 4. The van der Waals surface area contributed by atoms with Crippen molar-refractivity contribution in [1.82, 2.24) is 14.9 Å². The Bertz CT molecular complexity index is 730. The van der Waals surface area contributed by atoms with Crippen LogP contribution in [0.4, 0.5) is 22.1 Å². The van der Waals surface area contributed by atoms with Crippen molar-refractivity contribution in [2.45, 2.75) is 45.3 Å². The third kappa shape index (κ3) is 3.36.